The van der Waals surface area contributed by atoms with E-state index in [-0.39, 0.29) is 22.8 Å². The zero-order valence-corrected chi connectivity index (χ0v) is 16.3. The van der Waals surface area contributed by atoms with Gasteiger partial charge in [0.15, 0.2) is 0 Å². The molecule has 2 aliphatic heterocycles. The molecule has 0 amide bonds. The fraction of sp³-hybridized carbons (Fsp3) is 0.316. The van der Waals surface area contributed by atoms with Crippen LogP contribution in [0.4, 0.5) is 4.39 Å². The SMILES string of the molecule is Cc1ccc(F)c2c1OC(=O)[C@@H](N1CCc3ccc(Cl)cc3S1(=O)=O)C2C. The molecule has 2 aromatic carbocycles. The largest absolute Gasteiger partial charge is 0.425 e. The zero-order valence-electron chi connectivity index (χ0n) is 14.7. The Bertz CT molecular complexity index is 1070. The number of fused-ring (bicyclic) bond motifs is 2. The molecular formula is C19H17ClFNO4S. The van der Waals surface area contributed by atoms with Gasteiger partial charge in [-0.15, -0.1) is 0 Å². The first-order valence-electron chi connectivity index (χ1n) is 8.53. The molecule has 4 rings (SSSR count). The monoisotopic (exact) mass is 409 g/mol. The third-order valence-corrected chi connectivity index (χ3v) is 7.44. The van der Waals surface area contributed by atoms with Crippen molar-refractivity contribution in [1.82, 2.24) is 4.31 Å². The summed E-state index contributed by atoms with van der Waals surface area (Å²) in [6.07, 6.45) is 0.436. The van der Waals surface area contributed by atoms with E-state index < -0.39 is 33.8 Å². The minimum Gasteiger partial charge on any atom is -0.425 e. The standard InChI is InChI=1S/C19H17ClFNO4S/c1-10-3-6-14(21)16-11(2)17(19(23)26-18(10)16)22-8-7-12-4-5-13(20)9-15(12)27(22,24)25/h3-6,9,11,17H,7-8H2,1-2H3/t11?,17-/m0/s1. The highest BCUT2D eigenvalue weighted by Crippen LogP contribution is 2.42. The van der Waals surface area contributed by atoms with Crippen LogP contribution in [0.3, 0.4) is 0 Å². The zero-order chi connectivity index (χ0) is 19.5. The van der Waals surface area contributed by atoms with Gasteiger partial charge in [0.25, 0.3) is 0 Å². The van der Waals surface area contributed by atoms with Crippen LogP contribution in [0.5, 0.6) is 5.75 Å². The van der Waals surface area contributed by atoms with Gasteiger partial charge in [-0.2, -0.15) is 4.31 Å². The minimum absolute atomic E-state index is 0.0803. The average molecular weight is 410 g/mol. The molecule has 0 bridgehead atoms. The number of esters is 1. The lowest BCUT2D eigenvalue weighted by Crippen LogP contribution is -2.53. The Morgan fingerprint density at radius 2 is 2.00 bits per heavy atom. The molecule has 0 saturated heterocycles. The average Bonchev–Trinajstić information content (AvgIpc) is 2.60. The number of hydrogen-bond acceptors (Lipinski definition) is 4. The van der Waals surface area contributed by atoms with E-state index >= 15 is 0 Å². The van der Waals surface area contributed by atoms with E-state index in [1.54, 1.807) is 26.0 Å². The normalized spacial score (nSPS) is 24.1. The van der Waals surface area contributed by atoms with Crippen LogP contribution in [0.15, 0.2) is 35.2 Å². The predicted octanol–water partition coefficient (Wildman–Crippen LogP) is 3.43. The predicted molar refractivity (Wildman–Crippen MR) is 98.0 cm³/mol. The Hall–Kier alpha value is -1.96. The van der Waals surface area contributed by atoms with Gasteiger partial charge in [-0.3, -0.25) is 0 Å². The van der Waals surface area contributed by atoms with Crippen molar-refractivity contribution >= 4 is 27.6 Å². The van der Waals surface area contributed by atoms with Gasteiger partial charge in [0, 0.05) is 23.0 Å². The van der Waals surface area contributed by atoms with E-state index in [0.29, 0.717) is 22.6 Å². The summed E-state index contributed by atoms with van der Waals surface area (Å²) in [5.74, 6) is -1.71. The lowest BCUT2D eigenvalue weighted by atomic mass is 9.88. The van der Waals surface area contributed by atoms with Crippen molar-refractivity contribution in [3.05, 3.63) is 57.9 Å². The van der Waals surface area contributed by atoms with Crippen LogP contribution >= 0.6 is 11.6 Å². The van der Waals surface area contributed by atoms with Crippen LogP contribution < -0.4 is 4.74 Å². The van der Waals surface area contributed by atoms with Crippen molar-refractivity contribution in [2.24, 2.45) is 0 Å². The van der Waals surface area contributed by atoms with E-state index in [4.69, 9.17) is 16.3 Å². The molecule has 0 aliphatic carbocycles. The third kappa shape index (κ3) is 2.76. The first-order valence-corrected chi connectivity index (χ1v) is 10.3. The van der Waals surface area contributed by atoms with Crippen LogP contribution in [-0.4, -0.2) is 31.3 Å². The van der Waals surface area contributed by atoms with E-state index in [1.807, 2.05) is 0 Å². The number of carbonyl (C=O) groups is 1. The smallest absolute Gasteiger partial charge is 0.330 e. The van der Waals surface area contributed by atoms with Gasteiger partial charge in [-0.1, -0.05) is 30.7 Å². The van der Waals surface area contributed by atoms with Crippen molar-refractivity contribution in [2.75, 3.05) is 6.54 Å². The molecule has 2 aliphatic rings. The summed E-state index contributed by atoms with van der Waals surface area (Å²) in [5, 5.41) is 0.297. The number of carbonyl (C=O) groups excluding carboxylic acids is 1. The van der Waals surface area contributed by atoms with Crippen LogP contribution in [-0.2, 0) is 21.2 Å². The maximum absolute atomic E-state index is 14.5. The second-order valence-electron chi connectivity index (χ2n) is 6.88. The molecule has 0 N–H and O–H groups in total. The highest BCUT2D eigenvalue weighted by atomic mass is 35.5. The number of rotatable bonds is 1. The third-order valence-electron chi connectivity index (χ3n) is 5.24. The summed E-state index contributed by atoms with van der Waals surface area (Å²) < 4.78 is 47.3. The summed E-state index contributed by atoms with van der Waals surface area (Å²) >= 11 is 5.98. The molecule has 2 heterocycles. The van der Waals surface area contributed by atoms with Gasteiger partial charge < -0.3 is 4.74 Å². The number of halogens is 2. The maximum atomic E-state index is 14.5. The Morgan fingerprint density at radius 3 is 2.74 bits per heavy atom. The van der Waals surface area contributed by atoms with Crippen molar-refractivity contribution in [3.63, 3.8) is 0 Å². The summed E-state index contributed by atoms with van der Waals surface area (Å²) in [6.45, 7) is 3.48. The van der Waals surface area contributed by atoms with Crippen molar-refractivity contribution in [3.8, 4) is 5.75 Å². The Kier molecular flexibility index (Phi) is 4.29. The molecule has 2 aromatic rings. The molecule has 5 nitrogen and oxygen atoms in total. The Labute approximate surface area is 161 Å². The van der Waals surface area contributed by atoms with Gasteiger partial charge in [-0.25, -0.2) is 17.6 Å². The molecule has 142 valence electrons. The maximum Gasteiger partial charge on any atom is 0.330 e. The summed E-state index contributed by atoms with van der Waals surface area (Å²) in [5.41, 5.74) is 1.50. The number of benzene rings is 2. The molecule has 0 spiro atoms. The minimum atomic E-state index is -3.97. The van der Waals surface area contributed by atoms with Crippen LogP contribution in [0.2, 0.25) is 5.02 Å². The van der Waals surface area contributed by atoms with E-state index in [2.05, 4.69) is 0 Å². The fourth-order valence-corrected chi connectivity index (χ4v) is 6.04. The molecule has 2 atom stereocenters. The summed E-state index contributed by atoms with van der Waals surface area (Å²) in [4.78, 5) is 12.8. The van der Waals surface area contributed by atoms with Crippen LogP contribution in [0.1, 0.15) is 29.5 Å². The van der Waals surface area contributed by atoms with Crippen molar-refractivity contribution < 1.29 is 22.3 Å². The lowest BCUT2D eigenvalue weighted by molar-refractivity contribution is -0.141. The first kappa shape index (κ1) is 18.4. The molecule has 0 saturated carbocycles. The second kappa shape index (κ2) is 6.29. The molecule has 0 aromatic heterocycles. The van der Waals surface area contributed by atoms with E-state index in [0.717, 1.165) is 4.31 Å². The Morgan fingerprint density at radius 1 is 1.26 bits per heavy atom. The molecular weight excluding hydrogens is 393 g/mol. The summed E-state index contributed by atoms with van der Waals surface area (Å²) in [7, 11) is -3.97. The topological polar surface area (TPSA) is 63.7 Å². The highest BCUT2D eigenvalue weighted by molar-refractivity contribution is 7.89. The van der Waals surface area contributed by atoms with Gasteiger partial charge in [-0.05, 0) is 42.7 Å². The number of nitrogens with zero attached hydrogens (tertiary/aromatic N) is 1. The molecule has 27 heavy (non-hydrogen) atoms. The Balaban J connectivity index is 1.82. The first-order chi connectivity index (χ1) is 12.7. The van der Waals surface area contributed by atoms with Crippen molar-refractivity contribution in [2.45, 2.75) is 37.1 Å². The van der Waals surface area contributed by atoms with Crippen molar-refractivity contribution in [1.29, 1.82) is 0 Å². The summed E-state index contributed by atoms with van der Waals surface area (Å²) in [6, 6.07) is 6.40. The lowest BCUT2D eigenvalue weighted by Gasteiger charge is -2.39. The molecule has 8 heteroatoms. The highest BCUT2D eigenvalue weighted by Gasteiger charge is 2.47. The van der Waals surface area contributed by atoms with Gasteiger partial charge >= 0.3 is 5.97 Å². The van der Waals surface area contributed by atoms with Gasteiger partial charge in [0.1, 0.15) is 17.6 Å². The number of sulfonamides is 1. The second-order valence-corrected chi connectivity index (χ2v) is 9.17. The fourth-order valence-electron chi connectivity index (χ4n) is 3.87. The number of ether oxygens (including phenoxy) is 1. The van der Waals surface area contributed by atoms with E-state index in [1.165, 1.54) is 18.2 Å². The van der Waals surface area contributed by atoms with Crippen LogP contribution in [0, 0.1) is 12.7 Å². The molecule has 0 radical (unpaired) electrons. The molecule has 0 fully saturated rings. The number of aryl methyl sites for hydroxylation is 1. The molecule has 1 unspecified atom stereocenters. The quantitative estimate of drug-likeness (QED) is 0.534. The van der Waals surface area contributed by atoms with Crippen LogP contribution in [0.25, 0.3) is 0 Å². The van der Waals surface area contributed by atoms with Gasteiger partial charge in [0.05, 0.1) is 4.90 Å². The van der Waals surface area contributed by atoms with E-state index in [9.17, 15) is 17.6 Å². The number of hydrogen-bond donors (Lipinski definition) is 0. The van der Waals surface area contributed by atoms with Gasteiger partial charge in [0.2, 0.25) is 10.0 Å².